The second kappa shape index (κ2) is 7.12. The van der Waals surface area contributed by atoms with E-state index in [1.807, 2.05) is 73.7 Å². The molecule has 0 aliphatic heterocycles. The summed E-state index contributed by atoms with van der Waals surface area (Å²) in [5, 5.41) is 1.66. The van der Waals surface area contributed by atoms with Crippen molar-refractivity contribution in [3.63, 3.8) is 0 Å². The summed E-state index contributed by atoms with van der Waals surface area (Å²) in [5.41, 5.74) is 3.48. The first-order valence-corrected chi connectivity index (χ1v) is 10.3. The van der Waals surface area contributed by atoms with Crippen molar-refractivity contribution in [3.05, 3.63) is 93.8 Å². The molecule has 1 aromatic heterocycles. The zero-order valence-electron chi connectivity index (χ0n) is 14.0. The predicted octanol–water partition coefficient (Wildman–Crippen LogP) is 4.08. The van der Waals surface area contributed by atoms with Crippen LogP contribution in [0, 0.1) is 6.92 Å². The number of fused-ring (bicyclic) bond motifs is 1. The van der Waals surface area contributed by atoms with E-state index < -0.39 is 0 Å². The molecule has 0 radical (unpaired) electrons. The van der Waals surface area contributed by atoms with Gasteiger partial charge in [0, 0.05) is 0 Å². The molecule has 4 rings (SSSR count). The van der Waals surface area contributed by atoms with Crippen LogP contribution in [-0.2, 0) is 0 Å². The Morgan fingerprint density at radius 2 is 1.65 bits per heavy atom. The SMILES string of the molecule is Cc1ccc2oc(=O)c([Se]c3ccc(Cl)cc3)c(-c3ccccc3)c2c1. The summed E-state index contributed by atoms with van der Waals surface area (Å²) in [6.07, 6.45) is 0. The Hall–Kier alpha value is -2.32. The molecule has 4 heteroatoms. The molecular weight excluding hydrogens is 411 g/mol. The van der Waals surface area contributed by atoms with E-state index in [4.69, 9.17) is 16.0 Å². The summed E-state index contributed by atoms with van der Waals surface area (Å²) >= 11 is 5.81. The van der Waals surface area contributed by atoms with Crippen LogP contribution in [0.5, 0.6) is 0 Å². The zero-order chi connectivity index (χ0) is 18.1. The molecule has 0 atom stereocenters. The minimum atomic E-state index is -0.268. The molecule has 0 spiro atoms. The molecule has 2 nitrogen and oxygen atoms in total. The van der Waals surface area contributed by atoms with Gasteiger partial charge < -0.3 is 0 Å². The van der Waals surface area contributed by atoms with Crippen LogP contribution in [0.3, 0.4) is 0 Å². The Kier molecular flexibility index (Phi) is 4.69. The van der Waals surface area contributed by atoms with Crippen molar-refractivity contribution >= 4 is 46.5 Å². The summed E-state index contributed by atoms with van der Waals surface area (Å²) in [6.45, 7) is 2.04. The van der Waals surface area contributed by atoms with E-state index in [0.717, 1.165) is 31.0 Å². The molecule has 128 valence electrons. The fourth-order valence-electron chi connectivity index (χ4n) is 2.90. The number of halogens is 1. The summed E-state index contributed by atoms with van der Waals surface area (Å²) in [6, 6.07) is 23.6. The molecule has 0 unspecified atom stereocenters. The molecule has 0 aliphatic carbocycles. The number of hydrogen-bond donors (Lipinski definition) is 0. The summed E-state index contributed by atoms with van der Waals surface area (Å²) in [7, 11) is 0. The number of hydrogen-bond acceptors (Lipinski definition) is 2. The number of aryl methyl sites for hydroxylation is 1. The van der Waals surface area contributed by atoms with Gasteiger partial charge in [0.2, 0.25) is 0 Å². The average Bonchev–Trinajstić information content (AvgIpc) is 2.65. The van der Waals surface area contributed by atoms with Crippen LogP contribution in [0.15, 0.2) is 82.0 Å². The second-order valence-corrected chi connectivity index (χ2v) is 8.73. The van der Waals surface area contributed by atoms with Crippen LogP contribution in [-0.4, -0.2) is 15.0 Å². The van der Waals surface area contributed by atoms with Crippen molar-refractivity contribution in [3.8, 4) is 11.1 Å². The summed E-state index contributed by atoms with van der Waals surface area (Å²) < 4.78 is 7.45. The van der Waals surface area contributed by atoms with E-state index in [2.05, 4.69) is 6.07 Å². The van der Waals surface area contributed by atoms with Crippen molar-refractivity contribution in [2.24, 2.45) is 0 Å². The van der Waals surface area contributed by atoms with Crippen molar-refractivity contribution in [2.45, 2.75) is 6.92 Å². The van der Waals surface area contributed by atoms with E-state index in [9.17, 15) is 4.79 Å². The third-order valence-corrected chi connectivity index (χ3v) is 6.64. The van der Waals surface area contributed by atoms with Crippen LogP contribution < -0.4 is 14.5 Å². The molecule has 0 bridgehead atoms. The van der Waals surface area contributed by atoms with Crippen LogP contribution in [0.1, 0.15) is 5.56 Å². The third kappa shape index (κ3) is 3.34. The zero-order valence-corrected chi connectivity index (χ0v) is 16.5. The maximum absolute atomic E-state index is 12.8. The van der Waals surface area contributed by atoms with Crippen LogP contribution in [0.25, 0.3) is 22.1 Å². The van der Waals surface area contributed by atoms with Gasteiger partial charge in [-0.3, -0.25) is 0 Å². The van der Waals surface area contributed by atoms with E-state index in [1.165, 1.54) is 0 Å². The Morgan fingerprint density at radius 1 is 0.923 bits per heavy atom. The summed E-state index contributed by atoms with van der Waals surface area (Å²) in [5.74, 6) is 0. The van der Waals surface area contributed by atoms with Gasteiger partial charge in [0.25, 0.3) is 0 Å². The van der Waals surface area contributed by atoms with Gasteiger partial charge in [-0.25, -0.2) is 0 Å². The van der Waals surface area contributed by atoms with E-state index in [0.29, 0.717) is 10.6 Å². The van der Waals surface area contributed by atoms with Crippen molar-refractivity contribution in [1.82, 2.24) is 0 Å². The van der Waals surface area contributed by atoms with Gasteiger partial charge in [0.15, 0.2) is 0 Å². The molecular formula is C22H15ClO2Se. The molecule has 26 heavy (non-hydrogen) atoms. The first-order valence-electron chi connectivity index (χ1n) is 8.18. The Morgan fingerprint density at radius 3 is 2.38 bits per heavy atom. The van der Waals surface area contributed by atoms with Gasteiger partial charge in [-0.2, -0.15) is 0 Å². The van der Waals surface area contributed by atoms with Crippen LogP contribution >= 0.6 is 11.6 Å². The number of benzene rings is 3. The topological polar surface area (TPSA) is 30.2 Å². The maximum atomic E-state index is 12.8. The standard InChI is InChI=1S/C22H15ClO2Se/c1-14-7-12-19-18(13-14)20(15-5-3-2-4-6-15)21(22(24)25-19)26-17-10-8-16(23)9-11-17/h2-13H,1H3. The summed E-state index contributed by atoms with van der Waals surface area (Å²) in [4.78, 5) is 12.8. The van der Waals surface area contributed by atoms with Crippen molar-refractivity contribution in [1.29, 1.82) is 0 Å². The van der Waals surface area contributed by atoms with Crippen LogP contribution in [0.2, 0.25) is 5.02 Å². The molecule has 1 heterocycles. The van der Waals surface area contributed by atoms with Gasteiger partial charge in [0.1, 0.15) is 0 Å². The Bertz CT molecular complexity index is 1130. The van der Waals surface area contributed by atoms with Gasteiger partial charge in [-0.1, -0.05) is 0 Å². The van der Waals surface area contributed by atoms with Gasteiger partial charge in [-0.05, 0) is 0 Å². The Labute approximate surface area is 162 Å². The average molecular weight is 426 g/mol. The van der Waals surface area contributed by atoms with E-state index in [1.54, 1.807) is 0 Å². The molecule has 0 fully saturated rings. The fraction of sp³-hybridized carbons (Fsp3) is 0.0455. The van der Waals surface area contributed by atoms with Crippen LogP contribution in [0.4, 0.5) is 0 Å². The molecule has 0 saturated heterocycles. The Balaban J connectivity index is 2.00. The molecule has 0 N–H and O–H groups in total. The normalized spacial score (nSPS) is 11.0. The quantitative estimate of drug-likeness (QED) is 0.366. The fourth-order valence-corrected chi connectivity index (χ4v) is 5.05. The third-order valence-electron chi connectivity index (χ3n) is 4.12. The minimum absolute atomic E-state index is 0.186. The molecule has 0 saturated carbocycles. The van der Waals surface area contributed by atoms with E-state index >= 15 is 0 Å². The predicted molar refractivity (Wildman–Crippen MR) is 109 cm³/mol. The van der Waals surface area contributed by atoms with E-state index in [-0.39, 0.29) is 20.6 Å². The first-order chi connectivity index (χ1) is 12.6. The van der Waals surface area contributed by atoms with Gasteiger partial charge >= 0.3 is 163 Å². The monoisotopic (exact) mass is 426 g/mol. The van der Waals surface area contributed by atoms with Gasteiger partial charge in [-0.15, -0.1) is 0 Å². The molecule has 4 aromatic rings. The van der Waals surface area contributed by atoms with Crippen molar-refractivity contribution < 1.29 is 4.42 Å². The van der Waals surface area contributed by atoms with Crippen molar-refractivity contribution in [2.75, 3.05) is 0 Å². The van der Waals surface area contributed by atoms with Gasteiger partial charge in [0.05, 0.1) is 0 Å². The first kappa shape index (κ1) is 17.1. The second-order valence-electron chi connectivity index (χ2n) is 6.02. The molecule has 0 amide bonds. The molecule has 0 aliphatic rings. The number of rotatable bonds is 3. The molecule has 3 aromatic carbocycles.